The average Bonchev–Trinajstić information content (AvgIpc) is 2.72. The third-order valence-electron chi connectivity index (χ3n) is 5.64. The highest BCUT2D eigenvalue weighted by Crippen LogP contribution is 2.20. The minimum atomic E-state index is -0.0915. The predicted octanol–water partition coefficient (Wildman–Crippen LogP) is 0.811. The molecule has 2 aromatic rings. The first kappa shape index (κ1) is 21.6. The number of benzene rings is 2. The van der Waals surface area contributed by atoms with Crippen molar-refractivity contribution in [2.45, 2.75) is 13.8 Å². The van der Waals surface area contributed by atoms with Crippen molar-refractivity contribution < 1.29 is 19.6 Å². The van der Waals surface area contributed by atoms with Gasteiger partial charge >= 0.3 is 0 Å². The van der Waals surface area contributed by atoms with Crippen LogP contribution in [0, 0.1) is 13.8 Å². The zero-order valence-electron chi connectivity index (χ0n) is 17.9. The molecular weight excluding hydrogens is 380 g/mol. The van der Waals surface area contributed by atoms with Gasteiger partial charge < -0.3 is 25.1 Å². The van der Waals surface area contributed by atoms with Crippen LogP contribution in [0.1, 0.15) is 11.1 Å². The highest BCUT2D eigenvalue weighted by Gasteiger charge is 2.24. The number of anilines is 2. The first-order chi connectivity index (χ1) is 14.3. The topological polar surface area (TPSA) is 77.3 Å². The normalized spacial score (nSPS) is 15.0. The molecular formula is C23H31N4O3+. The number of hydrogen-bond acceptors (Lipinski definition) is 4. The van der Waals surface area contributed by atoms with Crippen LogP contribution in [0.4, 0.5) is 11.4 Å². The van der Waals surface area contributed by atoms with Crippen LogP contribution in [0.25, 0.3) is 0 Å². The van der Waals surface area contributed by atoms with Gasteiger partial charge in [-0.15, -0.1) is 0 Å². The van der Waals surface area contributed by atoms with Crippen LogP contribution in [-0.4, -0.2) is 68.1 Å². The number of likely N-dealkylation sites (N-methyl/N-ethyl adjacent to an activating group) is 1. The Morgan fingerprint density at radius 1 is 1.00 bits per heavy atom. The Kier molecular flexibility index (Phi) is 6.95. The second-order valence-corrected chi connectivity index (χ2v) is 7.99. The van der Waals surface area contributed by atoms with E-state index < -0.39 is 0 Å². The summed E-state index contributed by atoms with van der Waals surface area (Å²) in [6, 6.07) is 13.0. The van der Waals surface area contributed by atoms with Crippen molar-refractivity contribution in [2.75, 3.05) is 56.5 Å². The van der Waals surface area contributed by atoms with E-state index in [1.807, 2.05) is 56.1 Å². The lowest BCUT2D eigenvalue weighted by molar-refractivity contribution is -0.862. The van der Waals surface area contributed by atoms with Crippen LogP contribution in [0.3, 0.4) is 0 Å². The summed E-state index contributed by atoms with van der Waals surface area (Å²) in [6.45, 7) is 7.35. The van der Waals surface area contributed by atoms with Crippen molar-refractivity contribution in [3.05, 3.63) is 53.6 Å². The van der Waals surface area contributed by atoms with Crippen LogP contribution >= 0.6 is 0 Å². The van der Waals surface area contributed by atoms with Gasteiger partial charge in [-0.05, 0) is 55.3 Å². The number of phenolic OH excluding ortho intramolecular Hbond substituents is 1. The summed E-state index contributed by atoms with van der Waals surface area (Å²) in [5.41, 5.74) is 4.07. The molecule has 1 fully saturated rings. The number of nitrogens with one attached hydrogen (secondary N) is 2. The number of rotatable bonds is 6. The van der Waals surface area contributed by atoms with E-state index in [1.165, 1.54) is 0 Å². The molecule has 2 amide bonds. The van der Waals surface area contributed by atoms with Gasteiger partial charge in [0.1, 0.15) is 5.75 Å². The molecule has 0 spiro atoms. The van der Waals surface area contributed by atoms with Gasteiger partial charge in [0.2, 0.25) is 0 Å². The van der Waals surface area contributed by atoms with Crippen LogP contribution < -0.4 is 15.1 Å². The van der Waals surface area contributed by atoms with Gasteiger partial charge in [0.15, 0.2) is 13.1 Å². The van der Waals surface area contributed by atoms with Crippen molar-refractivity contribution in [1.82, 2.24) is 4.90 Å². The van der Waals surface area contributed by atoms with E-state index in [4.69, 9.17) is 0 Å². The molecule has 1 heterocycles. The van der Waals surface area contributed by atoms with Gasteiger partial charge in [0, 0.05) is 37.6 Å². The van der Waals surface area contributed by atoms with Gasteiger partial charge in [0.25, 0.3) is 11.8 Å². The lowest BCUT2D eigenvalue weighted by Gasteiger charge is -2.36. The molecule has 1 aliphatic heterocycles. The quantitative estimate of drug-likeness (QED) is 0.658. The molecule has 1 atom stereocenters. The molecule has 0 bridgehead atoms. The summed E-state index contributed by atoms with van der Waals surface area (Å²) >= 11 is 0. The maximum Gasteiger partial charge on any atom is 0.279 e. The first-order valence-electron chi connectivity index (χ1n) is 10.3. The number of aryl methyl sites for hydroxylation is 1. The fourth-order valence-corrected chi connectivity index (χ4v) is 3.66. The average molecular weight is 412 g/mol. The van der Waals surface area contributed by atoms with Crippen molar-refractivity contribution in [2.24, 2.45) is 0 Å². The molecule has 7 nitrogen and oxygen atoms in total. The number of phenols is 1. The minimum Gasteiger partial charge on any atom is -0.508 e. The van der Waals surface area contributed by atoms with Crippen LogP contribution in [0.5, 0.6) is 5.75 Å². The SMILES string of the molecule is Cc1cccc(NC(=O)C[NH+](C)CC(=O)N2CCN(c3ccc(O)cc3)CC2)c1C. The summed E-state index contributed by atoms with van der Waals surface area (Å²) in [6.07, 6.45) is 0. The number of piperazine rings is 1. The third kappa shape index (κ3) is 5.51. The van der Waals surface area contributed by atoms with Gasteiger partial charge in [-0.3, -0.25) is 9.59 Å². The van der Waals surface area contributed by atoms with Crippen molar-refractivity contribution >= 4 is 23.2 Å². The number of carbonyl (C=O) groups is 2. The highest BCUT2D eigenvalue weighted by molar-refractivity contribution is 5.92. The van der Waals surface area contributed by atoms with E-state index in [9.17, 15) is 14.7 Å². The fraction of sp³-hybridized carbons (Fsp3) is 0.391. The molecule has 0 radical (unpaired) electrons. The van der Waals surface area contributed by atoms with Gasteiger partial charge in [-0.2, -0.15) is 0 Å². The van der Waals surface area contributed by atoms with Crippen molar-refractivity contribution in [3.63, 3.8) is 0 Å². The Morgan fingerprint density at radius 2 is 1.67 bits per heavy atom. The maximum absolute atomic E-state index is 12.7. The number of nitrogens with zero attached hydrogens (tertiary/aromatic N) is 2. The van der Waals surface area contributed by atoms with Gasteiger partial charge in [0.05, 0.1) is 7.05 Å². The Bertz CT molecular complexity index is 890. The molecule has 0 aliphatic carbocycles. The smallest absolute Gasteiger partial charge is 0.279 e. The summed E-state index contributed by atoms with van der Waals surface area (Å²) in [4.78, 5) is 30.0. The molecule has 160 valence electrons. The number of aromatic hydroxyl groups is 1. The summed E-state index contributed by atoms with van der Waals surface area (Å²) in [7, 11) is 1.87. The standard InChI is InChI=1S/C23H30N4O3/c1-17-5-4-6-21(18(17)2)24-22(29)15-25(3)16-23(30)27-13-11-26(12-14-27)19-7-9-20(28)10-8-19/h4-10,28H,11-16H2,1-3H3,(H,24,29)/p+1. The molecule has 0 aromatic heterocycles. The molecule has 2 aromatic carbocycles. The van der Waals surface area contributed by atoms with E-state index in [1.54, 1.807) is 12.1 Å². The van der Waals surface area contributed by atoms with Crippen LogP contribution in [-0.2, 0) is 9.59 Å². The lowest BCUT2D eigenvalue weighted by Crippen LogP contribution is -3.11. The van der Waals surface area contributed by atoms with E-state index >= 15 is 0 Å². The van der Waals surface area contributed by atoms with Crippen molar-refractivity contribution in [3.8, 4) is 5.75 Å². The number of amides is 2. The molecule has 7 heteroatoms. The molecule has 1 saturated heterocycles. The zero-order chi connectivity index (χ0) is 21.7. The summed E-state index contributed by atoms with van der Waals surface area (Å²) in [5, 5.41) is 12.4. The number of quaternary nitrogens is 1. The molecule has 1 aliphatic rings. The van der Waals surface area contributed by atoms with Crippen LogP contribution in [0.15, 0.2) is 42.5 Å². The Hall–Kier alpha value is -3.06. The van der Waals surface area contributed by atoms with E-state index in [0.717, 1.165) is 40.5 Å². The lowest BCUT2D eigenvalue weighted by atomic mass is 10.1. The molecule has 3 rings (SSSR count). The highest BCUT2D eigenvalue weighted by atomic mass is 16.3. The van der Waals surface area contributed by atoms with Gasteiger partial charge in [-0.1, -0.05) is 12.1 Å². The first-order valence-corrected chi connectivity index (χ1v) is 10.3. The third-order valence-corrected chi connectivity index (χ3v) is 5.64. The van der Waals surface area contributed by atoms with Gasteiger partial charge in [-0.25, -0.2) is 0 Å². The molecule has 30 heavy (non-hydrogen) atoms. The second-order valence-electron chi connectivity index (χ2n) is 7.99. The molecule has 1 unspecified atom stereocenters. The maximum atomic E-state index is 12.7. The van der Waals surface area contributed by atoms with E-state index in [-0.39, 0.29) is 24.1 Å². The second kappa shape index (κ2) is 9.63. The molecule has 0 saturated carbocycles. The Morgan fingerprint density at radius 3 is 2.33 bits per heavy atom. The van der Waals surface area contributed by atoms with Crippen LogP contribution in [0.2, 0.25) is 0 Å². The number of carbonyl (C=O) groups excluding carboxylic acids is 2. The monoisotopic (exact) mass is 411 g/mol. The summed E-state index contributed by atoms with van der Waals surface area (Å²) < 4.78 is 0. The van der Waals surface area contributed by atoms with Crippen molar-refractivity contribution in [1.29, 1.82) is 0 Å². The Labute approximate surface area is 177 Å². The molecule has 3 N–H and O–H groups in total. The zero-order valence-corrected chi connectivity index (χ0v) is 17.9. The van der Waals surface area contributed by atoms with E-state index in [2.05, 4.69) is 10.2 Å². The fourth-order valence-electron chi connectivity index (χ4n) is 3.66. The van der Waals surface area contributed by atoms with E-state index in [0.29, 0.717) is 19.6 Å². The largest absolute Gasteiger partial charge is 0.508 e. The number of hydrogen-bond donors (Lipinski definition) is 3. The summed E-state index contributed by atoms with van der Waals surface area (Å²) in [5.74, 6) is 0.226. The predicted molar refractivity (Wildman–Crippen MR) is 118 cm³/mol. The Balaban J connectivity index is 1.45. The minimum absolute atomic E-state index is 0.0670.